The number of para-hydroxylation sites is 1. The van der Waals surface area contributed by atoms with Crippen molar-refractivity contribution in [3.05, 3.63) is 88.8 Å². The number of nitrogens with one attached hydrogen (secondary N) is 1. The highest BCUT2D eigenvalue weighted by atomic mass is 32.1. The summed E-state index contributed by atoms with van der Waals surface area (Å²) in [6.07, 6.45) is 6.63. The van der Waals surface area contributed by atoms with Crippen LogP contribution >= 0.6 is 11.3 Å². The summed E-state index contributed by atoms with van der Waals surface area (Å²) in [5.74, 6) is -0.229. The SMILES string of the molecule is C=C/C=C(\C=C)NC(=O)c1ccccc1N=Cc1ccc(C)s1. The molecule has 3 nitrogen and oxygen atoms in total. The fraction of sp³-hybridized carbons (Fsp3) is 0.0526. The third-order valence-corrected chi connectivity index (χ3v) is 3.95. The number of carbonyl (C=O) groups is 1. The van der Waals surface area contributed by atoms with E-state index in [4.69, 9.17) is 0 Å². The van der Waals surface area contributed by atoms with E-state index >= 15 is 0 Å². The molecule has 0 spiro atoms. The van der Waals surface area contributed by atoms with E-state index in [1.54, 1.807) is 41.8 Å². The minimum Gasteiger partial charge on any atom is -0.322 e. The van der Waals surface area contributed by atoms with Crippen LogP contribution in [-0.4, -0.2) is 12.1 Å². The van der Waals surface area contributed by atoms with Crippen LogP contribution in [0.25, 0.3) is 0 Å². The topological polar surface area (TPSA) is 41.5 Å². The molecule has 0 aliphatic carbocycles. The Morgan fingerprint density at radius 1 is 1.22 bits per heavy atom. The van der Waals surface area contributed by atoms with Gasteiger partial charge in [-0.15, -0.1) is 11.3 Å². The van der Waals surface area contributed by atoms with Gasteiger partial charge in [0.1, 0.15) is 0 Å². The van der Waals surface area contributed by atoms with Crippen molar-refractivity contribution >= 4 is 29.1 Å². The van der Waals surface area contributed by atoms with Crippen molar-refractivity contribution in [2.75, 3.05) is 0 Å². The Labute approximate surface area is 140 Å². The Bertz CT molecular complexity index is 784. The Hall–Kier alpha value is -2.72. The van der Waals surface area contributed by atoms with E-state index in [0.29, 0.717) is 16.9 Å². The summed E-state index contributed by atoms with van der Waals surface area (Å²) in [6, 6.07) is 11.3. The smallest absolute Gasteiger partial charge is 0.257 e. The van der Waals surface area contributed by atoms with Crippen LogP contribution in [0.3, 0.4) is 0 Å². The van der Waals surface area contributed by atoms with Gasteiger partial charge in [-0.2, -0.15) is 0 Å². The highest BCUT2D eigenvalue weighted by Gasteiger charge is 2.10. The number of hydrogen-bond acceptors (Lipinski definition) is 3. The van der Waals surface area contributed by atoms with Crippen LogP contribution in [0.4, 0.5) is 5.69 Å². The second-order valence-corrected chi connectivity index (χ2v) is 6.06. The second-order valence-electron chi connectivity index (χ2n) is 4.74. The van der Waals surface area contributed by atoms with Crippen molar-refractivity contribution in [3.8, 4) is 0 Å². The average molecular weight is 322 g/mol. The lowest BCUT2D eigenvalue weighted by molar-refractivity contribution is 0.0968. The Balaban J connectivity index is 2.24. The largest absolute Gasteiger partial charge is 0.322 e. The fourth-order valence-electron chi connectivity index (χ4n) is 1.92. The molecule has 116 valence electrons. The zero-order valence-corrected chi connectivity index (χ0v) is 13.8. The van der Waals surface area contributed by atoms with Gasteiger partial charge in [-0.3, -0.25) is 9.79 Å². The number of amides is 1. The molecule has 0 atom stereocenters. The van der Waals surface area contributed by atoms with Crippen LogP contribution in [0.1, 0.15) is 20.1 Å². The second kappa shape index (κ2) is 8.06. The number of rotatable bonds is 6. The van der Waals surface area contributed by atoms with E-state index in [0.717, 1.165) is 4.88 Å². The van der Waals surface area contributed by atoms with E-state index in [1.807, 2.05) is 37.3 Å². The zero-order chi connectivity index (χ0) is 16.7. The average Bonchev–Trinajstić information content (AvgIpc) is 2.98. The van der Waals surface area contributed by atoms with Gasteiger partial charge in [0.05, 0.1) is 11.3 Å². The monoisotopic (exact) mass is 322 g/mol. The molecule has 0 bridgehead atoms. The van der Waals surface area contributed by atoms with Gasteiger partial charge in [-0.05, 0) is 43.3 Å². The standard InChI is InChI=1S/C19H18N2OS/c1-4-8-15(5-2)21-19(22)17-9-6-7-10-18(17)20-13-16-12-11-14(3)23-16/h4-13H,1-2H2,3H3,(H,21,22)/b15-8+,20-13?. The Kier molecular flexibility index (Phi) is 5.83. The van der Waals surface area contributed by atoms with Crippen molar-refractivity contribution in [3.63, 3.8) is 0 Å². The number of aliphatic imine (C=N–C) groups is 1. The van der Waals surface area contributed by atoms with Crippen LogP contribution in [0.2, 0.25) is 0 Å². The normalized spacial score (nSPS) is 11.4. The first-order valence-electron chi connectivity index (χ1n) is 7.10. The summed E-state index contributed by atoms with van der Waals surface area (Å²) >= 11 is 1.66. The number of nitrogens with zero attached hydrogens (tertiary/aromatic N) is 1. The maximum absolute atomic E-state index is 12.4. The molecule has 0 aliphatic heterocycles. The molecule has 4 heteroatoms. The van der Waals surface area contributed by atoms with E-state index in [9.17, 15) is 4.79 Å². The Morgan fingerprint density at radius 2 is 2.00 bits per heavy atom. The van der Waals surface area contributed by atoms with E-state index in [1.165, 1.54) is 4.88 Å². The lowest BCUT2D eigenvalue weighted by Gasteiger charge is -2.07. The molecule has 1 aromatic carbocycles. The van der Waals surface area contributed by atoms with Crippen molar-refractivity contribution in [1.82, 2.24) is 5.32 Å². The van der Waals surface area contributed by atoms with Gasteiger partial charge >= 0.3 is 0 Å². The van der Waals surface area contributed by atoms with Crippen LogP contribution in [0.15, 0.2) is 78.5 Å². The third-order valence-electron chi connectivity index (χ3n) is 3.02. The first kappa shape index (κ1) is 16.6. The van der Waals surface area contributed by atoms with Crippen LogP contribution in [-0.2, 0) is 0 Å². The molecule has 0 aliphatic rings. The van der Waals surface area contributed by atoms with Gasteiger partial charge in [-0.25, -0.2) is 0 Å². The lowest BCUT2D eigenvalue weighted by Crippen LogP contribution is -2.21. The van der Waals surface area contributed by atoms with Crippen LogP contribution in [0.5, 0.6) is 0 Å². The number of hydrogen-bond donors (Lipinski definition) is 1. The predicted molar refractivity (Wildman–Crippen MR) is 98.7 cm³/mol. The van der Waals surface area contributed by atoms with Crippen molar-refractivity contribution < 1.29 is 4.79 Å². The fourth-order valence-corrected chi connectivity index (χ4v) is 2.67. The minimum absolute atomic E-state index is 0.229. The molecule has 23 heavy (non-hydrogen) atoms. The summed E-state index contributed by atoms with van der Waals surface area (Å²) in [6.45, 7) is 9.33. The highest BCUT2D eigenvalue weighted by Crippen LogP contribution is 2.20. The van der Waals surface area contributed by atoms with Crippen LogP contribution < -0.4 is 5.32 Å². The van der Waals surface area contributed by atoms with Crippen molar-refractivity contribution in [1.29, 1.82) is 0 Å². The number of carbonyl (C=O) groups excluding carboxylic acids is 1. The summed E-state index contributed by atoms with van der Waals surface area (Å²) in [7, 11) is 0. The Morgan fingerprint density at radius 3 is 2.65 bits per heavy atom. The lowest BCUT2D eigenvalue weighted by atomic mass is 10.1. The number of thiophene rings is 1. The predicted octanol–water partition coefficient (Wildman–Crippen LogP) is 4.79. The molecule has 1 aromatic heterocycles. The third kappa shape index (κ3) is 4.63. The van der Waals surface area contributed by atoms with Gasteiger partial charge in [0.2, 0.25) is 0 Å². The summed E-state index contributed by atoms with van der Waals surface area (Å²) < 4.78 is 0. The molecule has 0 fully saturated rings. The summed E-state index contributed by atoms with van der Waals surface area (Å²) in [4.78, 5) is 19.1. The molecule has 0 radical (unpaired) electrons. The molecule has 2 rings (SSSR count). The van der Waals surface area contributed by atoms with Crippen molar-refractivity contribution in [2.45, 2.75) is 6.92 Å². The van der Waals surface area contributed by atoms with Gasteiger partial charge in [0.15, 0.2) is 0 Å². The van der Waals surface area contributed by atoms with Gasteiger partial charge in [-0.1, -0.05) is 31.4 Å². The van der Waals surface area contributed by atoms with E-state index < -0.39 is 0 Å². The van der Waals surface area contributed by atoms with E-state index in [2.05, 4.69) is 23.5 Å². The minimum atomic E-state index is -0.229. The first-order valence-corrected chi connectivity index (χ1v) is 7.91. The zero-order valence-electron chi connectivity index (χ0n) is 13.0. The molecule has 2 aromatic rings. The maximum Gasteiger partial charge on any atom is 0.257 e. The molecular weight excluding hydrogens is 304 g/mol. The van der Waals surface area contributed by atoms with Crippen molar-refractivity contribution in [2.24, 2.45) is 4.99 Å². The summed E-state index contributed by atoms with van der Waals surface area (Å²) in [5.41, 5.74) is 1.73. The van der Waals surface area contributed by atoms with Gasteiger partial charge in [0.25, 0.3) is 5.91 Å². The van der Waals surface area contributed by atoms with Crippen LogP contribution in [0, 0.1) is 6.92 Å². The molecule has 0 unspecified atom stereocenters. The summed E-state index contributed by atoms with van der Waals surface area (Å²) in [5, 5.41) is 2.79. The number of benzene rings is 1. The molecule has 0 saturated heterocycles. The quantitative estimate of drug-likeness (QED) is 0.603. The number of aryl methyl sites for hydroxylation is 1. The first-order chi connectivity index (χ1) is 11.1. The van der Waals surface area contributed by atoms with E-state index in [-0.39, 0.29) is 5.91 Å². The molecule has 1 heterocycles. The molecular formula is C19H18N2OS. The maximum atomic E-state index is 12.4. The molecule has 1 N–H and O–H groups in total. The molecule has 0 saturated carbocycles. The number of allylic oxidation sites excluding steroid dienone is 3. The van der Waals surface area contributed by atoms with Gasteiger partial charge < -0.3 is 5.32 Å². The highest BCUT2D eigenvalue weighted by molar-refractivity contribution is 7.13. The molecule has 1 amide bonds. The van der Waals surface area contributed by atoms with Gasteiger partial charge in [0, 0.05) is 21.7 Å².